The summed E-state index contributed by atoms with van der Waals surface area (Å²) in [5.74, 6) is 0. The maximum atomic E-state index is 5.25. The first-order valence-corrected chi connectivity index (χ1v) is 15.0. The van der Waals surface area contributed by atoms with Gasteiger partial charge in [0.25, 0.3) is 0 Å². The highest BCUT2D eigenvalue weighted by Crippen LogP contribution is 2.41. The van der Waals surface area contributed by atoms with E-state index >= 15 is 0 Å². The average Bonchev–Trinajstić information content (AvgIpc) is 3.69. The van der Waals surface area contributed by atoms with Gasteiger partial charge in [0.2, 0.25) is 0 Å². The first kappa shape index (κ1) is 25.3. The summed E-state index contributed by atoms with van der Waals surface area (Å²) in [7, 11) is 0. The molecule has 2 aliphatic rings. The fourth-order valence-electron chi connectivity index (χ4n) is 6.53. The molecule has 0 N–H and O–H groups in total. The molecule has 206 valence electrons. The van der Waals surface area contributed by atoms with E-state index < -0.39 is 0 Å². The molecule has 0 amide bonds. The van der Waals surface area contributed by atoms with E-state index in [0.29, 0.717) is 0 Å². The maximum Gasteiger partial charge on any atom is 0.0831 e. The van der Waals surface area contributed by atoms with Crippen molar-refractivity contribution in [3.8, 4) is 11.1 Å². The highest BCUT2D eigenvalue weighted by atomic mass is 15.5. The number of nitrogens with zero attached hydrogens (tertiary/aromatic N) is 3. The van der Waals surface area contributed by atoms with Crippen LogP contribution in [-0.4, -0.2) is 5.71 Å². The van der Waals surface area contributed by atoms with Crippen molar-refractivity contribution in [2.75, 3.05) is 9.91 Å². The summed E-state index contributed by atoms with van der Waals surface area (Å²) in [6, 6.07) is 56.4. The fourth-order valence-corrected chi connectivity index (χ4v) is 6.53. The van der Waals surface area contributed by atoms with Gasteiger partial charge in [-0.3, -0.25) is 5.01 Å². The van der Waals surface area contributed by atoms with E-state index in [0.717, 1.165) is 41.3 Å². The minimum atomic E-state index is 0.110. The summed E-state index contributed by atoms with van der Waals surface area (Å²) in [6.45, 7) is 0. The lowest BCUT2D eigenvalue weighted by atomic mass is 9.95. The average molecular weight is 554 g/mol. The molecule has 0 radical (unpaired) electrons. The van der Waals surface area contributed by atoms with Crippen LogP contribution in [0.5, 0.6) is 0 Å². The van der Waals surface area contributed by atoms with Crippen LogP contribution in [0.1, 0.15) is 34.7 Å². The van der Waals surface area contributed by atoms with Crippen molar-refractivity contribution < 1.29 is 0 Å². The van der Waals surface area contributed by atoms with Gasteiger partial charge in [0.15, 0.2) is 0 Å². The normalized spacial score (nSPS) is 15.1. The van der Waals surface area contributed by atoms with Crippen LogP contribution < -0.4 is 9.91 Å². The molecule has 0 bridgehead atoms. The number of hydrogen-bond donors (Lipinski definition) is 0. The van der Waals surface area contributed by atoms with E-state index in [4.69, 9.17) is 5.10 Å². The number of benzene rings is 6. The van der Waals surface area contributed by atoms with Crippen LogP contribution in [0.15, 0.2) is 163 Å². The summed E-state index contributed by atoms with van der Waals surface area (Å²) in [5, 5.41) is 7.46. The molecule has 0 fully saturated rings. The molecule has 6 aromatic rings. The third-order valence-corrected chi connectivity index (χ3v) is 8.62. The van der Waals surface area contributed by atoms with Gasteiger partial charge in [-0.2, -0.15) is 5.10 Å². The second kappa shape index (κ2) is 10.8. The first-order valence-electron chi connectivity index (χ1n) is 15.0. The van der Waals surface area contributed by atoms with E-state index in [2.05, 4.69) is 168 Å². The Morgan fingerprint density at radius 2 is 1.12 bits per heavy atom. The molecule has 1 atom stereocenters. The van der Waals surface area contributed by atoms with Gasteiger partial charge in [-0.25, -0.2) is 0 Å². The lowest BCUT2D eigenvalue weighted by Crippen LogP contribution is -2.18. The van der Waals surface area contributed by atoms with Crippen molar-refractivity contribution in [1.82, 2.24) is 0 Å². The Bertz CT molecular complexity index is 1870. The molecule has 1 aliphatic carbocycles. The third kappa shape index (κ3) is 4.69. The van der Waals surface area contributed by atoms with Gasteiger partial charge in [0.1, 0.15) is 0 Å². The van der Waals surface area contributed by atoms with Gasteiger partial charge in [0.05, 0.1) is 17.4 Å². The van der Waals surface area contributed by atoms with E-state index in [-0.39, 0.29) is 6.04 Å². The molecule has 0 spiro atoms. The summed E-state index contributed by atoms with van der Waals surface area (Å²) in [4.78, 5) is 2.30. The predicted molar refractivity (Wildman–Crippen MR) is 179 cm³/mol. The molecule has 1 aliphatic heterocycles. The van der Waals surface area contributed by atoms with Crippen molar-refractivity contribution in [1.29, 1.82) is 0 Å². The maximum absolute atomic E-state index is 5.25. The van der Waals surface area contributed by atoms with E-state index in [9.17, 15) is 0 Å². The van der Waals surface area contributed by atoms with Crippen LogP contribution in [0.3, 0.4) is 0 Å². The quantitative estimate of drug-likeness (QED) is 0.204. The summed E-state index contributed by atoms with van der Waals surface area (Å²) in [6.07, 6.45) is 1.83. The zero-order chi connectivity index (χ0) is 28.6. The highest BCUT2D eigenvalue weighted by Gasteiger charge is 2.31. The molecule has 43 heavy (non-hydrogen) atoms. The number of fused-ring (bicyclic) bond motifs is 3. The van der Waals surface area contributed by atoms with Crippen LogP contribution in [-0.2, 0) is 6.42 Å². The molecule has 3 heteroatoms. The number of para-hydroxylation sites is 3. The van der Waals surface area contributed by atoms with Crippen LogP contribution in [0.2, 0.25) is 0 Å². The van der Waals surface area contributed by atoms with Gasteiger partial charge in [-0.05, 0) is 94.4 Å². The van der Waals surface area contributed by atoms with Crippen LogP contribution >= 0.6 is 0 Å². The van der Waals surface area contributed by atoms with E-state index in [1.54, 1.807) is 0 Å². The van der Waals surface area contributed by atoms with Crippen molar-refractivity contribution in [2.45, 2.75) is 18.9 Å². The van der Waals surface area contributed by atoms with E-state index in [1.807, 2.05) is 0 Å². The number of hydrogen-bond acceptors (Lipinski definition) is 3. The summed E-state index contributed by atoms with van der Waals surface area (Å²) in [5.41, 5.74) is 13.6. The SMILES string of the molecule is c1ccc(N(c2ccccc2)c2ccc(C3CC(c4ccc5c(c4)Cc4ccccc4-5)=NN3c3ccccc3)cc2)cc1. The Morgan fingerprint density at radius 1 is 0.535 bits per heavy atom. The number of rotatable bonds is 6. The van der Waals surface area contributed by atoms with Gasteiger partial charge in [-0.1, -0.05) is 103 Å². The van der Waals surface area contributed by atoms with Gasteiger partial charge >= 0.3 is 0 Å². The molecule has 8 rings (SSSR count). The Balaban J connectivity index is 1.13. The number of hydrazone groups is 1. The fraction of sp³-hybridized carbons (Fsp3) is 0.0750. The van der Waals surface area contributed by atoms with Crippen molar-refractivity contribution in [3.05, 3.63) is 180 Å². The van der Waals surface area contributed by atoms with Crippen LogP contribution in [0.4, 0.5) is 22.7 Å². The predicted octanol–water partition coefficient (Wildman–Crippen LogP) is 10.1. The molecular weight excluding hydrogens is 522 g/mol. The summed E-state index contributed by atoms with van der Waals surface area (Å²) < 4.78 is 0. The van der Waals surface area contributed by atoms with Crippen molar-refractivity contribution in [2.24, 2.45) is 5.10 Å². The second-order valence-electron chi connectivity index (χ2n) is 11.3. The van der Waals surface area contributed by atoms with Crippen molar-refractivity contribution in [3.63, 3.8) is 0 Å². The van der Waals surface area contributed by atoms with Crippen LogP contribution in [0.25, 0.3) is 11.1 Å². The topological polar surface area (TPSA) is 18.8 Å². The smallest absolute Gasteiger partial charge is 0.0831 e. The Kier molecular flexibility index (Phi) is 6.34. The Labute approximate surface area is 253 Å². The minimum absolute atomic E-state index is 0.110. The first-order chi connectivity index (χ1) is 21.3. The molecule has 0 saturated heterocycles. The van der Waals surface area contributed by atoms with Gasteiger partial charge in [-0.15, -0.1) is 0 Å². The molecular formula is C40H31N3. The molecule has 3 nitrogen and oxygen atoms in total. The lowest BCUT2D eigenvalue weighted by molar-refractivity contribution is 0.709. The lowest BCUT2D eigenvalue weighted by Gasteiger charge is -2.27. The Morgan fingerprint density at radius 3 is 1.81 bits per heavy atom. The zero-order valence-electron chi connectivity index (χ0n) is 23.8. The molecule has 1 unspecified atom stereocenters. The largest absolute Gasteiger partial charge is 0.311 e. The standard InChI is InChI=1S/C40H31N3/c1-4-13-33(14-5-1)42(34-15-6-2-7-16-34)35-23-20-29(21-24-35)40-28-39(41-43(40)36-17-8-3-9-18-36)31-22-25-38-32(27-31)26-30-12-10-11-19-37(30)38/h1-25,27,40H,26,28H2. The molecule has 0 aromatic heterocycles. The molecule has 1 heterocycles. The third-order valence-electron chi connectivity index (χ3n) is 8.62. The monoisotopic (exact) mass is 553 g/mol. The summed E-state index contributed by atoms with van der Waals surface area (Å²) >= 11 is 0. The Hall–Kier alpha value is -5.41. The van der Waals surface area contributed by atoms with Crippen molar-refractivity contribution >= 4 is 28.5 Å². The van der Waals surface area contributed by atoms with Crippen LogP contribution in [0, 0.1) is 0 Å². The highest BCUT2D eigenvalue weighted by molar-refractivity contribution is 6.04. The van der Waals surface area contributed by atoms with Gasteiger partial charge in [0, 0.05) is 23.5 Å². The second-order valence-corrected chi connectivity index (χ2v) is 11.3. The zero-order valence-corrected chi connectivity index (χ0v) is 23.8. The molecule has 0 saturated carbocycles. The molecule has 6 aromatic carbocycles. The van der Waals surface area contributed by atoms with E-state index in [1.165, 1.54) is 33.4 Å². The van der Waals surface area contributed by atoms with Gasteiger partial charge < -0.3 is 4.90 Å². The number of anilines is 4. The minimum Gasteiger partial charge on any atom is -0.311 e.